The highest BCUT2D eigenvalue weighted by Crippen LogP contribution is 2.12. The molecule has 0 bridgehead atoms. The van der Waals surface area contributed by atoms with E-state index in [0.29, 0.717) is 32.7 Å². The third kappa shape index (κ3) is 7.38. The smallest absolute Gasteiger partial charge is 0.242 e. The molecule has 29 heavy (non-hydrogen) atoms. The van der Waals surface area contributed by atoms with Crippen molar-refractivity contribution in [2.45, 2.75) is 39.3 Å². The molecular formula is C23H33N3O3. The predicted molar refractivity (Wildman–Crippen MR) is 114 cm³/mol. The number of unbranched alkanes of at least 4 members (excludes halogenated alkanes) is 1. The van der Waals surface area contributed by atoms with E-state index in [2.05, 4.69) is 6.92 Å². The van der Waals surface area contributed by atoms with Crippen LogP contribution in [0, 0.1) is 0 Å². The maximum atomic E-state index is 13.2. The third-order valence-electron chi connectivity index (χ3n) is 4.96. The average Bonchev–Trinajstić information content (AvgIpc) is 3.13. The van der Waals surface area contributed by atoms with Crippen molar-refractivity contribution in [3.8, 4) is 0 Å². The van der Waals surface area contributed by atoms with Gasteiger partial charge in [0.15, 0.2) is 0 Å². The first-order chi connectivity index (χ1) is 14.0. The SMILES string of the molecule is CCCCC(=O)N(CCOC)CC(=O)N(Cc1ccccc1)Cc1cccn1C. The van der Waals surface area contributed by atoms with Crippen molar-refractivity contribution in [3.63, 3.8) is 0 Å². The highest BCUT2D eigenvalue weighted by atomic mass is 16.5. The van der Waals surface area contributed by atoms with Crippen LogP contribution in [-0.2, 0) is 34.5 Å². The van der Waals surface area contributed by atoms with Crippen molar-refractivity contribution in [3.05, 3.63) is 59.9 Å². The number of ether oxygens (including phenoxy) is 1. The summed E-state index contributed by atoms with van der Waals surface area (Å²) in [6.45, 7) is 3.98. The quantitative estimate of drug-likeness (QED) is 0.551. The molecular weight excluding hydrogens is 366 g/mol. The van der Waals surface area contributed by atoms with Gasteiger partial charge in [0.05, 0.1) is 19.7 Å². The number of hydrogen-bond acceptors (Lipinski definition) is 3. The Hall–Kier alpha value is -2.60. The van der Waals surface area contributed by atoms with Gasteiger partial charge in [-0.2, -0.15) is 0 Å². The van der Waals surface area contributed by atoms with Crippen LogP contribution in [0.1, 0.15) is 37.4 Å². The molecule has 6 nitrogen and oxygen atoms in total. The fraction of sp³-hybridized carbons (Fsp3) is 0.478. The van der Waals surface area contributed by atoms with Gasteiger partial charge in [-0.3, -0.25) is 9.59 Å². The molecule has 2 aromatic rings. The van der Waals surface area contributed by atoms with E-state index in [9.17, 15) is 9.59 Å². The van der Waals surface area contributed by atoms with E-state index in [1.807, 2.05) is 65.2 Å². The van der Waals surface area contributed by atoms with E-state index < -0.39 is 0 Å². The summed E-state index contributed by atoms with van der Waals surface area (Å²) in [4.78, 5) is 29.3. The number of carbonyl (C=O) groups is 2. The molecule has 0 spiro atoms. The number of methoxy groups -OCH3 is 1. The largest absolute Gasteiger partial charge is 0.383 e. The molecule has 0 saturated carbocycles. The number of aryl methyl sites for hydroxylation is 1. The molecule has 0 atom stereocenters. The van der Waals surface area contributed by atoms with Gasteiger partial charge in [-0.25, -0.2) is 0 Å². The minimum absolute atomic E-state index is 0.00998. The molecule has 0 aliphatic heterocycles. The summed E-state index contributed by atoms with van der Waals surface area (Å²) in [7, 11) is 3.58. The van der Waals surface area contributed by atoms with Crippen LogP contribution in [0.4, 0.5) is 0 Å². The van der Waals surface area contributed by atoms with E-state index in [-0.39, 0.29) is 18.4 Å². The minimum atomic E-state index is -0.0593. The summed E-state index contributed by atoms with van der Waals surface area (Å²) in [5.41, 5.74) is 2.12. The predicted octanol–water partition coefficient (Wildman–Crippen LogP) is 3.22. The van der Waals surface area contributed by atoms with Gasteiger partial charge in [0.2, 0.25) is 11.8 Å². The lowest BCUT2D eigenvalue weighted by molar-refractivity contribution is -0.141. The summed E-state index contributed by atoms with van der Waals surface area (Å²) in [6.07, 6.45) is 4.21. The first-order valence-electron chi connectivity index (χ1n) is 10.2. The van der Waals surface area contributed by atoms with Gasteiger partial charge < -0.3 is 19.1 Å². The van der Waals surface area contributed by atoms with Crippen LogP contribution in [0.2, 0.25) is 0 Å². The minimum Gasteiger partial charge on any atom is -0.383 e. The Morgan fingerprint density at radius 3 is 2.38 bits per heavy atom. The molecule has 6 heteroatoms. The van der Waals surface area contributed by atoms with Gasteiger partial charge in [-0.1, -0.05) is 43.7 Å². The van der Waals surface area contributed by atoms with Crippen LogP contribution in [-0.4, -0.2) is 53.0 Å². The number of aromatic nitrogens is 1. The summed E-state index contributed by atoms with van der Waals surface area (Å²) in [6, 6.07) is 13.9. The van der Waals surface area contributed by atoms with Crippen molar-refractivity contribution in [2.75, 3.05) is 26.8 Å². The first-order valence-corrected chi connectivity index (χ1v) is 10.2. The summed E-state index contributed by atoms with van der Waals surface area (Å²) >= 11 is 0. The average molecular weight is 400 g/mol. The number of amides is 2. The van der Waals surface area contributed by atoms with E-state index in [0.717, 1.165) is 24.1 Å². The van der Waals surface area contributed by atoms with E-state index >= 15 is 0 Å². The summed E-state index contributed by atoms with van der Waals surface area (Å²) < 4.78 is 7.16. The number of hydrogen-bond donors (Lipinski definition) is 0. The molecule has 0 saturated heterocycles. The normalized spacial score (nSPS) is 10.7. The molecule has 0 fully saturated rings. The molecule has 0 radical (unpaired) electrons. The fourth-order valence-corrected chi connectivity index (χ4v) is 3.14. The van der Waals surface area contributed by atoms with Crippen LogP contribution in [0.25, 0.3) is 0 Å². The Balaban J connectivity index is 2.14. The molecule has 1 heterocycles. The van der Waals surface area contributed by atoms with Crippen molar-refractivity contribution in [1.82, 2.24) is 14.4 Å². The molecule has 0 unspecified atom stereocenters. The monoisotopic (exact) mass is 399 g/mol. The molecule has 2 rings (SSSR count). The third-order valence-corrected chi connectivity index (χ3v) is 4.96. The van der Waals surface area contributed by atoms with Crippen LogP contribution in [0.15, 0.2) is 48.7 Å². The van der Waals surface area contributed by atoms with E-state index in [1.165, 1.54) is 0 Å². The molecule has 0 aliphatic rings. The van der Waals surface area contributed by atoms with Gasteiger partial charge in [0.25, 0.3) is 0 Å². The lowest BCUT2D eigenvalue weighted by atomic mass is 10.2. The van der Waals surface area contributed by atoms with Gasteiger partial charge >= 0.3 is 0 Å². The Morgan fingerprint density at radius 1 is 1.00 bits per heavy atom. The zero-order valence-electron chi connectivity index (χ0n) is 17.8. The Labute approximate surface area is 174 Å². The highest BCUT2D eigenvalue weighted by molar-refractivity contribution is 5.84. The van der Waals surface area contributed by atoms with Crippen molar-refractivity contribution >= 4 is 11.8 Å². The Kier molecular flexibility index (Phi) is 9.44. The highest BCUT2D eigenvalue weighted by Gasteiger charge is 2.22. The second-order valence-corrected chi connectivity index (χ2v) is 7.26. The van der Waals surface area contributed by atoms with Crippen LogP contribution >= 0.6 is 0 Å². The zero-order chi connectivity index (χ0) is 21.1. The van der Waals surface area contributed by atoms with Crippen molar-refractivity contribution in [1.29, 1.82) is 0 Å². The number of carbonyl (C=O) groups excluding carboxylic acids is 2. The number of benzene rings is 1. The summed E-state index contributed by atoms with van der Waals surface area (Å²) in [5.74, 6) is -0.0493. The molecule has 1 aromatic heterocycles. The van der Waals surface area contributed by atoms with E-state index in [4.69, 9.17) is 4.74 Å². The number of rotatable bonds is 12. The zero-order valence-corrected chi connectivity index (χ0v) is 17.8. The second-order valence-electron chi connectivity index (χ2n) is 7.26. The number of nitrogens with zero attached hydrogens (tertiary/aromatic N) is 3. The fourth-order valence-electron chi connectivity index (χ4n) is 3.14. The Bertz CT molecular complexity index is 758. The molecule has 0 N–H and O–H groups in total. The van der Waals surface area contributed by atoms with Crippen molar-refractivity contribution < 1.29 is 14.3 Å². The lowest BCUT2D eigenvalue weighted by Crippen LogP contribution is -2.43. The molecule has 1 aromatic carbocycles. The van der Waals surface area contributed by atoms with Crippen LogP contribution in [0.5, 0.6) is 0 Å². The Morgan fingerprint density at radius 2 is 1.76 bits per heavy atom. The van der Waals surface area contributed by atoms with Gasteiger partial charge in [0.1, 0.15) is 0 Å². The van der Waals surface area contributed by atoms with E-state index in [1.54, 1.807) is 12.0 Å². The molecule has 2 amide bonds. The standard InChI is InChI=1S/C23H33N3O3/c1-4-5-13-22(27)25(15-16-29-3)19-23(28)26(17-20-10-7-6-8-11-20)18-21-12-9-14-24(21)2/h6-12,14H,4-5,13,15-19H2,1-3H3. The van der Waals surface area contributed by atoms with Crippen LogP contribution < -0.4 is 0 Å². The second kappa shape index (κ2) is 12.1. The van der Waals surface area contributed by atoms with Crippen molar-refractivity contribution in [2.24, 2.45) is 7.05 Å². The maximum Gasteiger partial charge on any atom is 0.242 e. The topological polar surface area (TPSA) is 54.8 Å². The summed E-state index contributed by atoms with van der Waals surface area (Å²) in [5, 5.41) is 0. The van der Waals surface area contributed by atoms with Gasteiger partial charge in [-0.15, -0.1) is 0 Å². The lowest BCUT2D eigenvalue weighted by Gasteiger charge is -2.28. The van der Waals surface area contributed by atoms with Crippen LogP contribution in [0.3, 0.4) is 0 Å². The maximum absolute atomic E-state index is 13.2. The molecule has 0 aliphatic carbocycles. The van der Waals surface area contributed by atoms with Gasteiger partial charge in [0, 0.05) is 45.6 Å². The molecule has 158 valence electrons. The van der Waals surface area contributed by atoms with Gasteiger partial charge in [-0.05, 0) is 24.1 Å². The first kappa shape index (κ1) is 22.7.